The van der Waals surface area contributed by atoms with Gasteiger partial charge in [-0.1, -0.05) is 13.8 Å². The van der Waals surface area contributed by atoms with Crippen molar-refractivity contribution in [3.8, 4) is 0 Å². The van der Waals surface area contributed by atoms with Crippen LogP contribution in [0.3, 0.4) is 0 Å². The smallest absolute Gasteiger partial charge is 0.0654 e. The van der Waals surface area contributed by atoms with Gasteiger partial charge in [0.2, 0.25) is 0 Å². The molecule has 178 valence electrons. The van der Waals surface area contributed by atoms with Crippen LogP contribution in [0.25, 0.3) is 0 Å². The minimum atomic E-state index is -3.39. The van der Waals surface area contributed by atoms with Gasteiger partial charge in [-0.15, -0.1) is 0 Å². The Morgan fingerprint density at radius 3 is 1.14 bits per heavy atom. The van der Waals surface area contributed by atoms with Crippen LogP contribution < -0.4 is 0 Å². The van der Waals surface area contributed by atoms with Gasteiger partial charge in [0.25, 0.3) is 0 Å². The van der Waals surface area contributed by atoms with Crippen LogP contribution in [0.15, 0.2) is 0 Å². The van der Waals surface area contributed by atoms with Crippen LogP contribution in [0, 0.1) is 0 Å². The van der Waals surface area contributed by atoms with Gasteiger partial charge in [0.1, 0.15) is 0 Å². The van der Waals surface area contributed by atoms with Crippen molar-refractivity contribution in [3.63, 3.8) is 0 Å². The summed E-state index contributed by atoms with van der Waals surface area (Å²) in [7, 11) is -3.39. The second kappa shape index (κ2) is 23.0. The van der Waals surface area contributed by atoms with Gasteiger partial charge >= 0.3 is 170 Å². The van der Waals surface area contributed by atoms with Crippen molar-refractivity contribution < 1.29 is 14.3 Å². The molecule has 0 rings (SSSR count). The van der Waals surface area contributed by atoms with Crippen molar-refractivity contribution in [1.82, 2.24) is 0 Å². The van der Waals surface area contributed by atoms with Crippen molar-refractivity contribution in [2.75, 3.05) is 12.8 Å². The van der Waals surface area contributed by atoms with Crippen LogP contribution in [-0.4, -0.2) is 22.6 Å². The second-order valence-electron chi connectivity index (χ2n) is 9.06. The normalized spacial score (nSPS) is 12.6. The van der Waals surface area contributed by atoms with Gasteiger partial charge < -0.3 is 0 Å². The molecule has 0 aromatic carbocycles. The van der Waals surface area contributed by atoms with Gasteiger partial charge in [0.05, 0.1) is 0 Å². The predicted octanol–water partition coefficient (Wildman–Crippen LogP) is 8.71. The SMILES string of the molecule is CCCCCCCCCCCCC[PH](O)(O)OCCCCCCCCCCCC. The molecule has 4 heteroatoms. The van der Waals surface area contributed by atoms with E-state index in [0.29, 0.717) is 12.8 Å². The number of unbranched alkanes of at least 4 members (excludes halogenated alkanes) is 19. The third-order valence-corrected chi connectivity index (χ3v) is 7.61. The molecule has 0 saturated heterocycles. The molecule has 0 heterocycles. The molecule has 0 aromatic rings. The van der Waals surface area contributed by atoms with E-state index in [2.05, 4.69) is 13.8 Å². The Balaban J connectivity index is 3.30. The van der Waals surface area contributed by atoms with E-state index >= 15 is 0 Å². The van der Waals surface area contributed by atoms with E-state index < -0.39 is 7.94 Å². The molecule has 0 unspecified atom stereocenters. The Labute approximate surface area is 184 Å². The zero-order valence-corrected chi connectivity index (χ0v) is 21.1. The molecule has 0 aromatic heterocycles. The van der Waals surface area contributed by atoms with Gasteiger partial charge in [0, 0.05) is 0 Å². The predicted molar refractivity (Wildman–Crippen MR) is 132 cm³/mol. The summed E-state index contributed by atoms with van der Waals surface area (Å²) in [6, 6.07) is 0. The van der Waals surface area contributed by atoms with Crippen LogP contribution in [-0.2, 0) is 4.52 Å². The molecule has 0 saturated carbocycles. The van der Waals surface area contributed by atoms with Crippen LogP contribution in [0.4, 0.5) is 0 Å². The molecular formula is C25H55O3P. The van der Waals surface area contributed by atoms with E-state index in [1.165, 1.54) is 109 Å². The molecule has 0 spiro atoms. The quantitative estimate of drug-likeness (QED) is 0.118. The van der Waals surface area contributed by atoms with Gasteiger partial charge in [-0.2, -0.15) is 0 Å². The first kappa shape index (κ1) is 29.3. The molecule has 0 aliphatic heterocycles. The first-order chi connectivity index (χ1) is 14.1. The maximum absolute atomic E-state index is 10.1. The summed E-state index contributed by atoms with van der Waals surface area (Å²) in [5.74, 6) is 0. The monoisotopic (exact) mass is 434 g/mol. The van der Waals surface area contributed by atoms with Crippen molar-refractivity contribution in [1.29, 1.82) is 0 Å². The molecule has 0 atom stereocenters. The molecule has 2 N–H and O–H groups in total. The van der Waals surface area contributed by atoms with E-state index in [0.717, 1.165) is 25.7 Å². The van der Waals surface area contributed by atoms with Crippen LogP contribution in [0.2, 0.25) is 0 Å². The van der Waals surface area contributed by atoms with E-state index in [4.69, 9.17) is 4.52 Å². The second-order valence-corrected chi connectivity index (χ2v) is 11.3. The third kappa shape index (κ3) is 24.5. The first-order valence-electron chi connectivity index (χ1n) is 13.2. The molecule has 0 aliphatic carbocycles. The summed E-state index contributed by atoms with van der Waals surface area (Å²) >= 11 is 0. The third-order valence-electron chi connectivity index (χ3n) is 5.94. The van der Waals surface area contributed by atoms with Crippen molar-refractivity contribution >= 4 is 7.94 Å². The van der Waals surface area contributed by atoms with Crippen LogP contribution in [0.5, 0.6) is 0 Å². The maximum atomic E-state index is 10.1. The Kier molecular flexibility index (Phi) is 23.2. The summed E-state index contributed by atoms with van der Waals surface area (Å²) < 4.78 is 5.44. The minimum Gasteiger partial charge on any atom is -0.0654 e. The van der Waals surface area contributed by atoms with Gasteiger partial charge in [-0.3, -0.25) is 0 Å². The van der Waals surface area contributed by atoms with Crippen molar-refractivity contribution in [2.24, 2.45) is 0 Å². The first-order valence-corrected chi connectivity index (χ1v) is 15.2. The Bertz CT molecular complexity index is 282. The molecular weight excluding hydrogens is 379 g/mol. The number of hydrogen-bond acceptors (Lipinski definition) is 3. The topological polar surface area (TPSA) is 49.7 Å². The number of hydrogen-bond donors (Lipinski definition) is 2. The average molecular weight is 435 g/mol. The van der Waals surface area contributed by atoms with Crippen LogP contribution in [0.1, 0.15) is 149 Å². The summed E-state index contributed by atoms with van der Waals surface area (Å²) in [6.07, 6.45) is 27.5. The van der Waals surface area contributed by atoms with E-state index in [1.807, 2.05) is 0 Å². The fourth-order valence-electron chi connectivity index (χ4n) is 3.92. The summed E-state index contributed by atoms with van der Waals surface area (Å²) in [5.41, 5.74) is 0. The zero-order chi connectivity index (χ0) is 21.5. The van der Waals surface area contributed by atoms with E-state index in [-0.39, 0.29) is 0 Å². The molecule has 0 bridgehead atoms. The van der Waals surface area contributed by atoms with E-state index in [1.54, 1.807) is 0 Å². The Morgan fingerprint density at radius 1 is 0.448 bits per heavy atom. The molecule has 0 radical (unpaired) electrons. The summed E-state index contributed by atoms with van der Waals surface area (Å²) in [4.78, 5) is 20.1. The molecule has 29 heavy (non-hydrogen) atoms. The molecule has 3 nitrogen and oxygen atoms in total. The van der Waals surface area contributed by atoms with Gasteiger partial charge in [-0.05, 0) is 0 Å². The number of rotatable bonds is 24. The molecule has 0 fully saturated rings. The fraction of sp³-hybridized carbons (Fsp3) is 1.00. The van der Waals surface area contributed by atoms with Crippen molar-refractivity contribution in [2.45, 2.75) is 149 Å². The summed E-state index contributed by atoms with van der Waals surface area (Å²) in [5, 5.41) is 0. The van der Waals surface area contributed by atoms with Gasteiger partial charge in [0.15, 0.2) is 0 Å². The van der Waals surface area contributed by atoms with E-state index in [9.17, 15) is 9.79 Å². The average Bonchev–Trinajstić information content (AvgIpc) is 2.70. The van der Waals surface area contributed by atoms with Crippen molar-refractivity contribution in [3.05, 3.63) is 0 Å². The Hall–Kier alpha value is 0.310. The Morgan fingerprint density at radius 2 is 0.759 bits per heavy atom. The molecule has 0 aliphatic rings. The molecule has 0 amide bonds. The van der Waals surface area contributed by atoms with Gasteiger partial charge in [-0.25, -0.2) is 0 Å². The van der Waals surface area contributed by atoms with Crippen LogP contribution >= 0.6 is 7.94 Å². The standard InChI is InChI=1S/C25H55O3P/c1-3-5-7-9-11-13-15-17-19-21-23-25-29(26,27)28-24-22-20-18-16-14-12-10-8-6-4-2/h26-27,29H,3-25H2,1-2H3. The zero-order valence-electron chi connectivity index (χ0n) is 20.1. The fourth-order valence-corrected chi connectivity index (χ4v) is 5.24. The summed E-state index contributed by atoms with van der Waals surface area (Å²) in [6.45, 7) is 5.05. The minimum absolute atomic E-state index is 0.474.